The fourth-order valence-corrected chi connectivity index (χ4v) is 7.30. The number of alkyl halides is 3. The average molecular weight is 783 g/mol. The molecule has 0 saturated carbocycles. The van der Waals surface area contributed by atoms with Crippen LogP contribution < -0.4 is 9.13 Å². The van der Waals surface area contributed by atoms with Gasteiger partial charge < -0.3 is 9.80 Å². The fourth-order valence-electron chi connectivity index (χ4n) is 6.58. The second-order valence-electron chi connectivity index (χ2n) is 12.3. The molecule has 0 N–H and O–H groups in total. The van der Waals surface area contributed by atoms with Gasteiger partial charge in [0.1, 0.15) is 0 Å². The van der Waals surface area contributed by atoms with Gasteiger partial charge in [0.05, 0.1) is 36.8 Å². The van der Waals surface area contributed by atoms with Gasteiger partial charge >= 0.3 is 6.18 Å². The lowest BCUT2D eigenvalue weighted by molar-refractivity contribution is -0.674. The summed E-state index contributed by atoms with van der Waals surface area (Å²) in [7, 11) is 0. The Bertz CT molecular complexity index is 1780. The summed E-state index contributed by atoms with van der Waals surface area (Å²) in [4.78, 5) is 4.68. The van der Waals surface area contributed by atoms with Crippen LogP contribution in [0.4, 0.5) is 13.2 Å². The van der Waals surface area contributed by atoms with Crippen LogP contribution in [0.3, 0.4) is 0 Å². The SMILES string of the molecule is CCCC[n+]1c(/C=C/N2CCN(/C=C/c3n(CC)c4cc(Cl)c(C(F)(F)F)cc4[n+]3CCCC)CC2)n(CC)c2cc(I)c(C)cc21. The molecule has 0 spiro atoms. The van der Waals surface area contributed by atoms with Crippen molar-refractivity contribution in [3.63, 3.8) is 0 Å². The number of aromatic nitrogens is 4. The zero-order chi connectivity index (χ0) is 33.9. The summed E-state index contributed by atoms with van der Waals surface area (Å²) in [6.07, 6.45) is 8.29. The van der Waals surface area contributed by atoms with Gasteiger partial charge in [0.25, 0.3) is 11.6 Å². The number of aryl methyl sites for hydroxylation is 5. The fraction of sp³-hybridized carbons (Fsp3) is 0.500. The molecule has 4 aromatic rings. The standard InChI is InChI=1S/C36H47ClF3IN6/c1-6-10-14-46-30-22-26(5)29(41)25-33(30)45(9-4)35(46)13-17-43-20-18-42(19-21-43)16-12-34-44(8-3)32-24-28(37)27(36(38,39)40)23-31(32)47(34)15-11-7-2/h12-13,16-17,22-25H,6-11,14-15,18-21H2,1-5H3/q+2. The van der Waals surface area contributed by atoms with Crippen molar-refractivity contribution in [2.75, 3.05) is 26.2 Å². The minimum absolute atomic E-state index is 0.264. The van der Waals surface area contributed by atoms with E-state index in [-0.39, 0.29) is 5.02 Å². The van der Waals surface area contributed by atoms with Crippen molar-refractivity contribution < 1.29 is 22.3 Å². The van der Waals surface area contributed by atoms with E-state index in [0.29, 0.717) is 18.6 Å². The molecule has 1 saturated heterocycles. The number of hydrogen-bond acceptors (Lipinski definition) is 2. The highest BCUT2D eigenvalue weighted by atomic mass is 127. The zero-order valence-electron chi connectivity index (χ0n) is 28.2. The van der Waals surface area contributed by atoms with E-state index < -0.39 is 11.7 Å². The Kier molecular flexibility index (Phi) is 11.5. The molecule has 1 aliphatic heterocycles. The molecule has 11 heteroatoms. The first kappa shape index (κ1) is 35.6. The van der Waals surface area contributed by atoms with Gasteiger partial charge in [-0.3, -0.25) is 0 Å². The predicted octanol–water partition coefficient (Wildman–Crippen LogP) is 8.66. The number of unbranched alkanes of at least 4 members (excludes halogenated alkanes) is 2. The molecule has 0 aliphatic carbocycles. The average Bonchev–Trinajstić information content (AvgIpc) is 3.49. The Morgan fingerprint density at radius 3 is 1.68 bits per heavy atom. The van der Waals surface area contributed by atoms with Crippen LogP contribution in [-0.2, 0) is 32.4 Å². The van der Waals surface area contributed by atoms with Gasteiger partial charge in [-0.1, -0.05) is 38.3 Å². The van der Waals surface area contributed by atoms with Gasteiger partial charge in [-0.25, -0.2) is 18.3 Å². The summed E-state index contributed by atoms with van der Waals surface area (Å²) in [5, 5.41) is -0.264. The second kappa shape index (κ2) is 15.2. The van der Waals surface area contributed by atoms with Crippen LogP contribution in [0.1, 0.15) is 76.2 Å². The predicted molar refractivity (Wildman–Crippen MR) is 194 cm³/mol. The molecule has 0 atom stereocenters. The van der Waals surface area contributed by atoms with E-state index in [1.54, 1.807) is 0 Å². The quantitative estimate of drug-likeness (QED) is 0.106. The maximum atomic E-state index is 13.8. The first-order chi connectivity index (χ1) is 22.5. The van der Waals surface area contributed by atoms with E-state index in [0.717, 1.165) is 76.3 Å². The molecule has 0 unspecified atom stereocenters. The summed E-state index contributed by atoms with van der Waals surface area (Å²) >= 11 is 8.59. The number of fused-ring (bicyclic) bond motifs is 2. The highest BCUT2D eigenvalue weighted by Crippen LogP contribution is 2.37. The van der Waals surface area contributed by atoms with Gasteiger partial charge in [0.15, 0.2) is 22.1 Å². The van der Waals surface area contributed by atoms with E-state index in [2.05, 4.69) is 110 Å². The van der Waals surface area contributed by atoms with Crippen molar-refractivity contribution in [3.8, 4) is 0 Å². The van der Waals surface area contributed by atoms with E-state index in [1.165, 1.54) is 38.1 Å². The number of imidazole rings is 2. The van der Waals surface area contributed by atoms with Crippen LogP contribution in [0.2, 0.25) is 5.02 Å². The monoisotopic (exact) mass is 782 g/mol. The Morgan fingerprint density at radius 2 is 1.23 bits per heavy atom. The largest absolute Gasteiger partial charge is 0.418 e. The maximum Gasteiger partial charge on any atom is 0.418 e. The Hall–Kier alpha value is -2.73. The van der Waals surface area contributed by atoms with Gasteiger partial charge in [-0.15, -0.1) is 0 Å². The van der Waals surface area contributed by atoms with Gasteiger partial charge in [0, 0.05) is 72.5 Å². The molecule has 0 amide bonds. The summed E-state index contributed by atoms with van der Waals surface area (Å²) < 4.78 is 51.6. The molecule has 6 nitrogen and oxygen atoms in total. The van der Waals surface area contributed by atoms with E-state index in [4.69, 9.17) is 11.6 Å². The highest BCUT2D eigenvalue weighted by Gasteiger charge is 2.36. The molecule has 2 aromatic heterocycles. The first-order valence-electron chi connectivity index (χ1n) is 16.9. The van der Waals surface area contributed by atoms with E-state index in [1.807, 2.05) is 11.5 Å². The van der Waals surface area contributed by atoms with Gasteiger partial charge in [-0.2, -0.15) is 13.2 Å². The summed E-state index contributed by atoms with van der Waals surface area (Å²) in [5.41, 5.74) is 4.39. The van der Waals surface area contributed by atoms with Crippen LogP contribution in [0.15, 0.2) is 36.7 Å². The van der Waals surface area contributed by atoms with Gasteiger partial charge in [0.2, 0.25) is 0 Å². The number of rotatable bonds is 12. The molecule has 254 valence electrons. The minimum atomic E-state index is -4.51. The first-order valence-corrected chi connectivity index (χ1v) is 18.4. The summed E-state index contributed by atoms with van der Waals surface area (Å²) in [5.74, 6) is 2.13. The number of halogens is 5. The molecule has 3 heterocycles. The number of piperazine rings is 1. The molecule has 0 bridgehead atoms. The third-order valence-electron chi connectivity index (χ3n) is 9.22. The van der Waals surface area contributed by atoms with Crippen LogP contribution in [0.25, 0.3) is 34.2 Å². The third-order valence-corrected chi connectivity index (χ3v) is 10.7. The summed E-state index contributed by atoms with van der Waals surface area (Å²) in [6.45, 7) is 17.4. The van der Waals surface area contributed by atoms with Crippen molar-refractivity contribution >= 4 is 68.4 Å². The third kappa shape index (κ3) is 7.48. The Labute approximate surface area is 295 Å². The molecule has 47 heavy (non-hydrogen) atoms. The molecular weight excluding hydrogens is 736 g/mol. The molecule has 5 rings (SSSR count). The molecule has 2 aromatic carbocycles. The maximum absolute atomic E-state index is 13.8. The smallest absolute Gasteiger partial charge is 0.374 e. The van der Waals surface area contributed by atoms with Crippen LogP contribution >= 0.6 is 34.2 Å². The highest BCUT2D eigenvalue weighted by molar-refractivity contribution is 14.1. The molecule has 1 aliphatic rings. The van der Waals surface area contributed by atoms with Crippen molar-refractivity contribution in [3.05, 3.63) is 68.0 Å². The molecule has 0 radical (unpaired) electrons. The van der Waals surface area contributed by atoms with Crippen molar-refractivity contribution in [2.24, 2.45) is 0 Å². The van der Waals surface area contributed by atoms with E-state index >= 15 is 0 Å². The molecular formula is C36H47ClF3IN6+2. The Morgan fingerprint density at radius 1 is 0.766 bits per heavy atom. The van der Waals surface area contributed by atoms with Gasteiger partial charge in [-0.05, 0) is 67.8 Å². The topological polar surface area (TPSA) is 24.1 Å². The zero-order valence-corrected chi connectivity index (χ0v) is 31.1. The number of nitrogens with zero attached hydrogens (tertiary/aromatic N) is 6. The van der Waals surface area contributed by atoms with Crippen LogP contribution in [0.5, 0.6) is 0 Å². The number of hydrogen-bond donors (Lipinski definition) is 0. The lowest BCUT2D eigenvalue weighted by Gasteiger charge is -2.33. The Balaban J connectivity index is 1.37. The molecule has 1 fully saturated rings. The van der Waals surface area contributed by atoms with Crippen molar-refractivity contribution in [2.45, 2.75) is 92.7 Å². The van der Waals surface area contributed by atoms with E-state index in [9.17, 15) is 13.2 Å². The van der Waals surface area contributed by atoms with Crippen molar-refractivity contribution in [1.82, 2.24) is 18.9 Å². The second-order valence-corrected chi connectivity index (χ2v) is 13.9. The number of benzene rings is 2. The lowest BCUT2D eigenvalue weighted by atomic mass is 10.2. The van der Waals surface area contributed by atoms with Crippen LogP contribution in [-0.4, -0.2) is 45.1 Å². The van der Waals surface area contributed by atoms with Crippen molar-refractivity contribution in [1.29, 1.82) is 0 Å². The lowest BCUT2D eigenvalue weighted by Crippen LogP contribution is -2.42. The minimum Gasteiger partial charge on any atom is -0.374 e. The normalized spacial score (nSPS) is 14.7. The summed E-state index contributed by atoms with van der Waals surface area (Å²) in [6, 6.07) is 7.33. The van der Waals surface area contributed by atoms with Crippen LogP contribution in [0, 0.1) is 10.5 Å².